The highest BCUT2D eigenvalue weighted by atomic mass is 16.4. The van der Waals surface area contributed by atoms with Crippen LogP contribution in [0.5, 0.6) is 0 Å². The molecule has 0 amide bonds. The first-order valence-corrected chi connectivity index (χ1v) is 6.24. The van der Waals surface area contributed by atoms with Gasteiger partial charge in [-0.2, -0.15) is 0 Å². The predicted octanol–water partition coefficient (Wildman–Crippen LogP) is 3.47. The summed E-state index contributed by atoms with van der Waals surface area (Å²) in [5.74, 6) is -0.859. The van der Waals surface area contributed by atoms with Crippen molar-refractivity contribution in [3.05, 3.63) is 76.9 Å². The summed E-state index contributed by atoms with van der Waals surface area (Å²) < 4.78 is 0. The van der Waals surface area contributed by atoms with Gasteiger partial charge in [0.2, 0.25) is 0 Å². The van der Waals surface area contributed by atoms with Gasteiger partial charge in [0.1, 0.15) is 0 Å². The lowest BCUT2D eigenvalue weighted by molar-refractivity contribution is -0.133. The summed E-state index contributed by atoms with van der Waals surface area (Å²) in [5.41, 5.74) is 2.90. The van der Waals surface area contributed by atoms with Crippen molar-refractivity contribution in [1.82, 2.24) is 0 Å². The molecule has 1 atom stereocenters. The molecule has 0 heterocycles. The zero-order chi connectivity index (χ0) is 13.5. The van der Waals surface area contributed by atoms with E-state index in [0.29, 0.717) is 5.57 Å². The summed E-state index contributed by atoms with van der Waals surface area (Å²) in [6.07, 6.45) is 1.78. The summed E-state index contributed by atoms with van der Waals surface area (Å²) in [6.45, 7) is 1.98. The quantitative estimate of drug-likeness (QED) is 0.886. The highest BCUT2D eigenvalue weighted by molar-refractivity contribution is 5.99. The molecule has 0 aromatic heterocycles. The number of benzene rings is 2. The summed E-state index contributed by atoms with van der Waals surface area (Å²) in [7, 11) is 0. The molecule has 0 unspecified atom stereocenters. The standard InChI is InChI=1S/C17H14O2/c1-17(13-8-3-2-4-9-13)14-10-6-5-7-12(14)11-15(17)16(18)19/h2-11H,1H3,(H,18,19)/t17-/m0/s1. The second-order valence-corrected chi connectivity index (χ2v) is 4.94. The summed E-state index contributed by atoms with van der Waals surface area (Å²) in [5, 5.41) is 9.51. The molecule has 2 nitrogen and oxygen atoms in total. The zero-order valence-corrected chi connectivity index (χ0v) is 10.6. The molecule has 0 bridgehead atoms. The van der Waals surface area contributed by atoms with E-state index in [1.54, 1.807) is 6.08 Å². The molecule has 2 heteroatoms. The summed E-state index contributed by atoms with van der Waals surface area (Å²) in [4.78, 5) is 11.6. The van der Waals surface area contributed by atoms with Crippen molar-refractivity contribution in [3.63, 3.8) is 0 Å². The minimum Gasteiger partial charge on any atom is -0.478 e. The lowest BCUT2D eigenvalue weighted by atomic mass is 9.73. The number of carboxylic acids is 1. The number of carbonyl (C=O) groups is 1. The third kappa shape index (κ3) is 1.60. The van der Waals surface area contributed by atoms with Crippen molar-refractivity contribution < 1.29 is 9.90 Å². The average Bonchev–Trinajstić information content (AvgIpc) is 2.75. The summed E-state index contributed by atoms with van der Waals surface area (Å²) in [6, 6.07) is 17.7. The van der Waals surface area contributed by atoms with Gasteiger partial charge in [0.15, 0.2) is 0 Å². The molecule has 0 fully saturated rings. The second kappa shape index (κ2) is 4.09. The normalized spacial score (nSPS) is 20.8. The number of hydrogen-bond acceptors (Lipinski definition) is 1. The molecule has 2 aromatic rings. The van der Waals surface area contributed by atoms with Crippen LogP contribution in [0.15, 0.2) is 60.2 Å². The highest BCUT2D eigenvalue weighted by Crippen LogP contribution is 2.46. The van der Waals surface area contributed by atoms with Gasteiger partial charge in [0, 0.05) is 0 Å². The largest absolute Gasteiger partial charge is 0.478 e. The van der Waals surface area contributed by atoms with E-state index in [2.05, 4.69) is 0 Å². The minimum atomic E-state index is -0.859. The topological polar surface area (TPSA) is 37.3 Å². The first kappa shape index (κ1) is 11.7. The van der Waals surface area contributed by atoms with Crippen LogP contribution in [0.1, 0.15) is 23.6 Å². The highest BCUT2D eigenvalue weighted by Gasteiger charge is 2.41. The first-order valence-electron chi connectivity index (χ1n) is 6.24. The monoisotopic (exact) mass is 250 g/mol. The van der Waals surface area contributed by atoms with Crippen molar-refractivity contribution in [2.45, 2.75) is 12.3 Å². The number of fused-ring (bicyclic) bond motifs is 1. The maximum absolute atomic E-state index is 11.6. The summed E-state index contributed by atoms with van der Waals surface area (Å²) >= 11 is 0. The van der Waals surface area contributed by atoms with Gasteiger partial charge in [-0.3, -0.25) is 0 Å². The number of aliphatic carboxylic acids is 1. The fraction of sp³-hybridized carbons (Fsp3) is 0.118. The number of carboxylic acid groups (broad SMARTS) is 1. The van der Waals surface area contributed by atoms with Crippen LogP contribution in [0.25, 0.3) is 6.08 Å². The Morgan fingerprint density at radius 1 is 1.00 bits per heavy atom. The van der Waals surface area contributed by atoms with Crippen molar-refractivity contribution >= 4 is 12.0 Å². The van der Waals surface area contributed by atoms with Crippen LogP contribution in [-0.2, 0) is 10.2 Å². The van der Waals surface area contributed by atoms with E-state index in [0.717, 1.165) is 16.7 Å². The van der Waals surface area contributed by atoms with Crippen molar-refractivity contribution in [2.75, 3.05) is 0 Å². The Morgan fingerprint density at radius 2 is 1.63 bits per heavy atom. The maximum Gasteiger partial charge on any atom is 0.332 e. The van der Waals surface area contributed by atoms with Crippen LogP contribution in [0.2, 0.25) is 0 Å². The SMILES string of the molecule is C[C@@]1(c2ccccc2)C(C(=O)O)=Cc2ccccc21. The van der Waals surface area contributed by atoms with Crippen LogP contribution in [0.4, 0.5) is 0 Å². The Hall–Kier alpha value is -2.35. The van der Waals surface area contributed by atoms with Crippen molar-refractivity contribution in [1.29, 1.82) is 0 Å². The lowest BCUT2D eigenvalue weighted by Gasteiger charge is -2.28. The van der Waals surface area contributed by atoms with E-state index in [9.17, 15) is 9.90 Å². The van der Waals surface area contributed by atoms with Gasteiger partial charge >= 0.3 is 5.97 Å². The molecule has 1 aliphatic carbocycles. The van der Waals surface area contributed by atoms with Crippen molar-refractivity contribution in [3.8, 4) is 0 Å². The van der Waals surface area contributed by atoms with Crippen molar-refractivity contribution in [2.24, 2.45) is 0 Å². The Morgan fingerprint density at radius 3 is 2.32 bits per heavy atom. The molecule has 94 valence electrons. The second-order valence-electron chi connectivity index (χ2n) is 4.94. The molecular formula is C17H14O2. The van der Waals surface area contributed by atoms with Gasteiger partial charge in [-0.05, 0) is 29.7 Å². The Labute approximate surface area is 112 Å². The predicted molar refractivity (Wildman–Crippen MR) is 75.0 cm³/mol. The third-order valence-electron chi connectivity index (χ3n) is 3.92. The van der Waals surface area contributed by atoms with E-state index in [1.807, 2.05) is 61.5 Å². The Balaban J connectivity index is 2.28. The van der Waals surface area contributed by atoms with E-state index in [4.69, 9.17) is 0 Å². The first-order chi connectivity index (χ1) is 9.14. The van der Waals surface area contributed by atoms with Crippen LogP contribution in [0.3, 0.4) is 0 Å². The van der Waals surface area contributed by atoms with Gasteiger partial charge < -0.3 is 5.11 Å². The smallest absolute Gasteiger partial charge is 0.332 e. The van der Waals surface area contributed by atoms with Gasteiger partial charge in [-0.15, -0.1) is 0 Å². The molecule has 19 heavy (non-hydrogen) atoms. The lowest BCUT2D eigenvalue weighted by Crippen LogP contribution is -2.27. The molecule has 2 aromatic carbocycles. The van der Waals surface area contributed by atoms with E-state index >= 15 is 0 Å². The average molecular weight is 250 g/mol. The fourth-order valence-corrected chi connectivity index (χ4v) is 2.88. The number of hydrogen-bond donors (Lipinski definition) is 1. The molecule has 0 radical (unpaired) electrons. The van der Waals surface area contributed by atoms with Crippen LogP contribution in [-0.4, -0.2) is 11.1 Å². The number of rotatable bonds is 2. The fourth-order valence-electron chi connectivity index (χ4n) is 2.88. The molecule has 0 aliphatic heterocycles. The van der Waals surface area contributed by atoms with Gasteiger partial charge in [0.05, 0.1) is 11.0 Å². The molecule has 3 rings (SSSR count). The van der Waals surface area contributed by atoms with Crippen LogP contribution < -0.4 is 0 Å². The van der Waals surface area contributed by atoms with Gasteiger partial charge in [-0.1, -0.05) is 54.6 Å². The Kier molecular flexibility index (Phi) is 2.53. The van der Waals surface area contributed by atoms with E-state index in [-0.39, 0.29) is 0 Å². The molecule has 1 N–H and O–H groups in total. The molecule has 1 aliphatic rings. The maximum atomic E-state index is 11.6. The van der Waals surface area contributed by atoms with Gasteiger partial charge in [0.25, 0.3) is 0 Å². The molecule has 0 spiro atoms. The van der Waals surface area contributed by atoms with Crippen LogP contribution in [0, 0.1) is 0 Å². The third-order valence-corrected chi connectivity index (χ3v) is 3.92. The van der Waals surface area contributed by atoms with Crippen LogP contribution >= 0.6 is 0 Å². The molecule has 0 saturated carbocycles. The van der Waals surface area contributed by atoms with Gasteiger partial charge in [-0.25, -0.2) is 4.79 Å². The molecule has 0 saturated heterocycles. The van der Waals surface area contributed by atoms with E-state index in [1.165, 1.54) is 0 Å². The Bertz CT molecular complexity index is 671. The zero-order valence-electron chi connectivity index (χ0n) is 10.6. The minimum absolute atomic E-state index is 0.430. The molecular weight excluding hydrogens is 236 g/mol. The van der Waals surface area contributed by atoms with E-state index < -0.39 is 11.4 Å².